The van der Waals surface area contributed by atoms with Gasteiger partial charge in [-0.05, 0) is 19.1 Å². The first kappa shape index (κ1) is 14.6. The van der Waals surface area contributed by atoms with Crippen molar-refractivity contribution in [3.63, 3.8) is 0 Å². The van der Waals surface area contributed by atoms with Crippen LogP contribution < -0.4 is 15.4 Å². The van der Waals surface area contributed by atoms with Gasteiger partial charge in [0.15, 0.2) is 12.2 Å². The van der Waals surface area contributed by atoms with Gasteiger partial charge in [0.05, 0.1) is 18.9 Å². The molecule has 0 atom stereocenters. The van der Waals surface area contributed by atoms with Crippen LogP contribution in [0.3, 0.4) is 0 Å². The quantitative estimate of drug-likeness (QED) is 0.830. The summed E-state index contributed by atoms with van der Waals surface area (Å²) >= 11 is 0. The number of benzene rings is 1. The molecule has 0 bridgehead atoms. The molecule has 0 aliphatic carbocycles. The van der Waals surface area contributed by atoms with Crippen molar-refractivity contribution in [1.82, 2.24) is 10.3 Å². The number of amides is 2. The predicted molar refractivity (Wildman–Crippen MR) is 75.8 cm³/mol. The van der Waals surface area contributed by atoms with Crippen LogP contribution in [-0.4, -0.2) is 30.5 Å². The molecular formula is C14H15N3O4. The molecule has 7 nitrogen and oxygen atoms in total. The van der Waals surface area contributed by atoms with E-state index in [9.17, 15) is 9.59 Å². The van der Waals surface area contributed by atoms with Gasteiger partial charge in [0.25, 0.3) is 0 Å². The molecule has 0 fully saturated rings. The van der Waals surface area contributed by atoms with E-state index in [1.807, 2.05) is 0 Å². The van der Waals surface area contributed by atoms with Crippen molar-refractivity contribution in [2.24, 2.45) is 0 Å². The van der Waals surface area contributed by atoms with Gasteiger partial charge >= 0.3 is 11.8 Å². The van der Waals surface area contributed by atoms with Gasteiger partial charge in [-0.15, -0.1) is 0 Å². The summed E-state index contributed by atoms with van der Waals surface area (Å²) in [5, 5.41) is 4.92. The van der Waals surface area contributed by atoms with Gasteiger partial charge in [-0.1, -0.05) is 0 Å². The summed E-state index contributed by atoms with van der Waals surface area (Å²) in [6, 6.07) is 4.97. The Morgan fingerprint density at radius 1 is 1.33 bits per heavy atom. The lowest BCUT2D eigenvalue weighted by atomic mass is 10.1. The number of methoxy groups -OCH3 is 1. The Morgan fingerprint density at radius 3 is 2.76 bits per heavy atom. The molecule has 110 valence electrons. The minimum Gasteiger partial charge on any atom is -0.496 e. The molecule has 1 heterocycles. The number of carbonyl (C=O) groups excluding carboxylic acids is 2. The molecule has 1 aromatic heterocycles. The zero-order valence-electron chi connectivity index (χ0n) is 11.7. The minimum absolute atomic E-state index is 0.389. The Bertz CT molecular complexity index is 638. The fraction of sp³-hybridized carbons (Fsp3) is 0.214. The molecule has 0 saturated heterocycles. The van der Waals surface area contributed by atoms with E-state index in [4.69, 9.17) is 9.15 Å². The van der Waals surface area contributed by atoms with Crippen molar-refractivity contribution in [3.05, 3.63) is 30.8 Å². The first-order valence-electron chi connectivity index (χ1n) is 6.31. The van der Waals surface area contributed by atoms with Gasteiger partial charge in [-0.2, -0.15) is 0 Å². The molecule has 2 amide bonds. The standard InChI is InChI=1S/C14H15N3O4/c1-3-16-13(18)14(19)17-9-4-5-10(11(6-9)20-2)12-7-15-8-21-12/h4-8H,3H2,1-2H3,(H,16,18)(H,17,19). The molecule has 0 aliphatic heterocycles. The van der Waals surface area contributed by atoms with E-state index in [1.54, 1.807) is 31.3 Å². The molecule has 0 saturated carbocycles. The predicted octanol–water partition coefficient (Wildman–Crippen LogP) is 1.42. The summed E-state index contributed by atoms with van der Waals surface area (Å²) in [5.41, 5.74) is 1.15. The molecule has 0 aliphatic rings. The lowest BCUT2D eigenvalue weighted by Crippen LogP contribution is -2.35. The lowest BCUT2D eigenvalue weighted by molar-refractivity contribution is -0.136. The van der Waals surface area contributed by atoms with E-state index in [2.05, 4.69) is 15.6 Å². The molecule has 21 heavy (non-hydrogen) atoms. The first-order valence-corrected chi connectivity index (χ1v) is 6.31. The summed E-state index contributed by atoms with van der Waals surface area (Å²) in [5.74, 6) is -0.365. The van der Waals surface area contributed by atoms with Gasteiger partial charge in [0.2, 0.25) is 0 Å². The van der Waals surface area contributed by atoms with Crippen molar-refractivity contribution in [2.45, 2.75) is 6.92 Å². The van der Waals surface area contributed by atoms with Crippen LogP contribution in [0.4, 0.5) is 5.69 Å². The van der Waals surface area contributed by atoms with Gasteiger partial charge < -0.3 is 19.8 Å². The van der Waals surface area contributed by atoms with Crippen LogP contribution in [0.5, 0.6) is 5.75 Å². The van der Waals surface area contributed by atoms with E-state index in [1.165, 1.54) is 13.5 Å². The SMILES string of the molecule is CCNC(=O)C(=O)Nc1ccc(-c2cnco2)c(OC)c1. The van der Waals surface area contributed by atoms with Gasteiger partial charge in [-0.3, -0.25) is 9.59 Å². The summed E-state index contributed by atoms with van der Waals surface area (Å²) < 4.78 is 10.5. The molecule has 2 aromatic rings. The largest absolute Gasteiger partial charge is 0.496 e. The summed E-state index contributed by atoms with van der Waals surface area (Å²) in [4.78, 5) is 26.8. The van der Waals surface area contributed by atoms with Crippen molar-refractivity contribution in [2.75, 3.05) is 19.0 Å². The number of ether oxygens (including phenoxy) is 1. The summed E-state index contributed by atoms with van der Waals surface area (Å²) in [6.45, 7) is 2.13. The van der Waals surface area contributed by atoms with E-state index >= 15 is 0 Å². The molecular weight excluding hydrogens is 274 g/mol. The number of nitrogens with zero attached hydrogens (tertiary/aromatic N) is 1. The van der Waals surface area contributed by atoms with Crippen LogP contribution in [0.2, 0.25) is 0 Å². The highest BCUT2D eigenvalue weighted by molar-refractivity contribution is 6.39. The Balaban J connectivity index is 2.20. The molecule has 2 rings (SSSR count). The molecule has 2 N–H and O–H groups in total. The normalized spacial score (nSPS) is 10.0. The zero-order chi connectivity index (χ0) is 15.2. The van der Waals surface area contributed by atoms with Crippen LogP contribution in [0.1, 0.15) is 6.92 Å². The lowest BCUT2D eigenvalue weighted by Gasteiger charge is -2.10. The summed E-state index contributed by atoms with van der Waals surface area (Å²) in [6.07, 6.45) is 2.88. The number of hydrogen-bond acceptors (Lipinski definition) is 5. The number of anilines is 1. The Labute approximate surface area is 121 Å². The van der Waals surface area contributed by atoms with Gasteiger partial charge in [0, 0.05) is 18.3 Å². The highest BCUT2D eigenvalue weighted by Crippen LogP contribution is 2.32. The van der Waals surface area contributed by atoms with Crippen LogP contribution in [0, 0.1) is 0 Å². The molecule has 0 unspecified atom stereocenters. The zero-order valence-corrected chi connectivity index (χ0v) is 11.7. The molecule has 1 aromatic carbocycles. The maximum atomic E-state index is 11.6. The van der Waals surface area contributed by atoms with E-state index in [0.29, 0.717) is 29.3 Å². The molecule has 0 radical (unpaired) electrons. The monoisotopic (exact) mass is 289 g/mol. The minimum atomic E-state index is -0.730. The number of carbonyl (C=O) groups is 2. The molecule has 7 heteroatoms. The average Bonchev–Trinajstić information content (AvgIpc) is 3.01. The number of nitrogens with one attached hydrogen (secondary N) is 2. The van der Waals surface area contributed by atoms with E-state index in [0.717, 1.165) is 0 Å². The van der Waals surface area contributed by atoms with Gasteiger partial charge in [0.1, 0.15) is 5.75 Å². The molecule has 0 spiro atoms. The highest BCUT2D eigenvalue weighted by Gasteiger charge is 2.15. The van der Waals surface area contributed by atoms with Crippen LogP contribution in [0.25, 0.3) is 11.3 Å². The van der Waals surface area contributed by atoms with Crippen molar-refractivity contribution in [1.29, 1.82) is 0 Å². The number of rotatable bonds is 4. The second-order valence-corrected chi connectivity index (χ2v) is 4.09. The first-order chi connectivity index (χ1) is 10.2. The number of aromatic nitrogens is 1. The number of likely N-dealkylation sites (N-methyl/N-ethyl adjacent to an activating group) is 1. The fourth-order valence-electron chi connectivity index (χ4n) is 1.75. The Hall–Kier alpha value is -2.83. The van der Waals surface area contributed by atoms with E-state index in [-0.39, 0.29) is 0 Å². The maximum Gasteiger partial charge on any atom is 0.313 e. The number of oxazole rings is 1. The Morgan fingerprint density at radius 2 is 2.14 bits per heavy atom. The maximum absolute atomic E-state index is 11.6. The van der Waals surface area contributed by atoms with Crippen LogP contribution in [0.15, 0.2) is 35.2 Å². The highest BCUT2D eigenvalue weighted by atomic mass is 16.5. The smallest absolute Gasteiger partial charge is 0.313 e. The van der Waals surface area contributed by atoms with E-state index < -0.39 is 11.8 Å². The van der Waals surface area contributed by atoms with Crippen LogP contribution in [-0.2, 0) is 9.59 Å². The average molecular weight is 289 g/mol. The number of hydrogen-bond donors (Lipinski definition) is 2. The van der Waals surface area contributed by atoms with Crippen molar-refractivity contribution < 1.29 is 18.7 Å². The van der Waals surface area contributed by atoms with Crippen molar-refractivity contribution >= 4 is 17.5 Å². The van der Waals surface area contributed by atoms with Crippen molar-refractivity contribution in [3.8, 4) is 17.1 Å². The third kappa shape index (κ3) is 3.38. The third-order valence-corrected chi connectivity index (χ3v) is 2.70. The third-order valence-electron chi connectivity index (χ3n) is 2.70. The topological polar surface area (TPSA) is 93.5 Å². The second-order valence-electron chi connectivity index (χ2n) is 4.09. The summed E-state index contributed by atoms with van der Waals surface area (Å²) in [7, 11) is 1.50. The van der Waals surface area contributed by atoms with Crippen LogP contribution >= 0.6 is 0 Å². The fourth-order valence-corrected chi connectivity index (χ4v) is 1.75. The Kier molecular flexibility index (Phi) is 4.55. The second kappa shape index (κ2) is 6.56. The van der Waals surface area contributed by atoms with Gasteiger partial charge in [-0.25, -0.2) is 4.98 Å².